The van der Waals surface area contributed by atoms with Crippen molar-refractivity contribution in [2.24, 2.45) is 0 Å². The highest BCUT2D eigenvalue weighted by molar-refractivity contribution is 8.18. The lowest BCUT2D eigenvalue weighted by molar-refractivity contribution is -0.123. The Kier molecular flexibility index (Phi) is 6.31. The van der Waals surface area contributed by atoms with Gasteiger partial charge in [-0.2, -0.15) is 0 Å². The molecule has 1 aromatic carbocycles. The Bertz CT molecular complexity index is 1050. The van der Waals surface area contributed by atoms with Crippen LogP contribution in [0.25, 0.3) is 6.08 Å². The van der Waals surface area contributed by atoms with Gasteiger partial charge in [-0.25, -0.2) is 4.79 Å². The van der Waals surface area contributed by atoms with E-state index in [1.165, 1.54) is 26.4 Å². The van der Waals surface area contributed by atoms with E-state index in [-0.39, 0.29) is 34.5 Å². The lowest BCUT2D eigenvalue weighted by Crippen LogP contribution is -2.27. The average Bonchev–Trinajstić information content (AvgIpc) is 3.30. The first kappa shape index (κ1) is 21.3. The molecule has 0 aliphatic carbocycles. The molecule has 3 rings (SSSR count). The summed E-state index contributed by atoms with van der Waals surface area (Å²) in [5.74, 6) is -0.614. The molecular weight excluding hydrogens is 410 g/mol. The molecule has 0 unspecified atom stereocenters. The molecule has 1 aliphatic rings. The van der Waals surface area contributed by atoms with Crippen LogP contribution >= 0.6 is 11.8 Å². The highest BCUT2D eigenvalue weighted by atomic mass is 32.2. The van der Waals surface area contributed by atoms with Gasteiger partial charge in [-0.3, -0.25) is 14.5 Å². The van der Waals surface area contributed by atoms with Crippen molar-refractivity contribution in [1.29, 1.82) is 0 Å². The lowest BCUT2D eigenvalue weighted by Gasteiger charge is -2.11. The minimum atomic E-state index is -0.646. The van der Waals surface area contributed by atoms with Gasteiger partial charge in [0, 0.05) is 5.56 Å². The van der Waals surface area contributed by atoms with Crippen molar-refractivity contribution in [3.63, 3.8) is 0 Å². The minimum absolute atomic E-state index is 0.00174. The number of aromatic hydroxyl groups is 1. The number of methoxy groups -OCH3 is 2. The first-order valence-corrected chi connectivity index (χ1v) is 9.62. The standard InChI is InChI=1S/C21H19NO7S/c1-4-5-13-8-12(9-16(27-2)18(13)23)10-17-19(24)22(21(26)30-17)11-14-6-7-15(29-14)20(25)28-3/h4,6-10,23H,1,5,11H2,2-3H3. The van der Waals surface area contributed by atoms with Crippen LogP contribution in [0, 0.1) is 0 Å². The maximum Gasteiger partial charge on any atom is 0.373 e. The van der Waals surface area contributed by atoms with Gasteiger partial charge in [-0.15, -0.1) is 6.58 Å². The molecule has 156 valence electrons. The summed E-state index contributed by atoms with van der Waals surface area (Å²) in [6.45, 7) is 3.55. The van der Waals surface area contributed by atoms with E-state index in [1.54, 1.807) is 24.3 Å². The van der Waals surface area contributed by atoms with Gasteiger partial charge in [-0.1, -0.05) is 6.08 Å². The van der Waals surface area contributed by atoms with Crippen molar-refractivity contribution in [3.8, 4) is 11.5 Å². The maximum absolute atomic E-state index is 12.7. The van der Waals surface area contributed by atoms with Gasteiger partial charge < -0.3 is 19.0 Å². The summed E-state index contributed by atoms with van der Waals surface area (Å²) in [5.41, 5.74) is 1.18. The van der Waals surface area contributed by atoms with E-state index in [9.17, 15) is 19.5 Å². The lowest BCUT2D eigenvalue weighted by atomic mass is 10.1. The fraction of sp³-hybridized carbons (Fsp3) is 0.190. The van der Waals surface area contributed by atoms with Gasteiger partial charge >= 0.3 is 5.97 Å². The highest BCUT2D eigenvalue weighted by Crippen LogP contribution is 2.37. The monoisotopic (exact) mass is 429 g/mol. The number of furan rings is 1. The molecule has 0 atom stereocenters. The molecule has 2 heterocycles. The fourth-order valence-corrected chi connectivity index (χ4v) is 3.69. The second kappa shape index (κ2) is 8.91. The van der Waals surface area contributed by atoms with E-state index in [0.717, 1.165) is 16.7 Å². The number of phenols is 1. The maximum atomic E-state index is 12.7. The molecule has 2 aromatic rings. The molecule has 30 heavy (non-hydrogen) atoms. The third-order valence-electron chi connectivity index (χ3n) is 4.29. The normalized spacial score (nSPS) is 15.0. The summed E-state index contributed by atoms with van der Waals surface area (Å²) >= 11 is 0.792. The van der Waals surface area contributed by atoms with Crippen molar-refractivity contribution in [2.75, 3.05) is 14.2 Å². The minimum Gasteiger partial charge on any atom is -0.504 e. The summed E-state index contributed by atoms with van der Waals surface area (Å²) in [7, 11) is 2.65. The van der Waals surface area contributed by atoms with Crippen molar-refractivity contribution >= 4 is 35.0 Å². The second-order valence-corrected chi connectivity index (χ2v) is 7.24. The number of allylic oxidation sites excluding steroid dienone is 1. The predicted molar refractivity (Wildman–Crippen MR) is 110 cm³/mol. The summed E-state index contributed by atoms with van der Waals surface area (Å²) in [6.07, 6.45) is 3.60. The van der Waals surface area contributed by atoms with E-state index in [4.69, 9.17) is 9.15 Å². The third kappa shape index (κ3) is 4.25. The van der Waals surface area contributed by atoms with Crippen LogP contribution in [0.5, 0.6) is 11.5 Å². The van der Waals surface area contributed by atoms with Crippen LogP contribution < -0.4 is 4.74 Å². The van der Waals surface area contributed by atoms with E-state index in [0.29, 0.717) is 17.5 Å². The molecule has 1 N–H and O–H groups in total. The first-order chi connectivity index (χ1) is 14.4. The van der Waals surface area contributed by atoms with E-state index < -0.39 is 17.1 Å². The molecule has 8 nitrogen and oxygen atoms in total. The molecule has 9 heteroatoms. The van der Waals surface area contributed by atoms with Gasteiger partial charge in [0.15, 0.2) is 11.5 Å². The molecule has 1 aliphatic heterocycles. The number of carbonyl (C=O) groups excluding carboxylic acids is 3. The molecule has 2 amide bonds. The van der Waals surface area contributed by atoms with Crippen LogP contribution in [-0.2, 0) is 22.5 Å². The van der Waals surface area contributed by atoms with Gasteiger partial charge in [0.25, 0.3) is 11.1 Å². The number of rotatable bonds is 7. The summed E-state index contributed by atoms with van der Waals surface area (Å²) < 4.78 is 15.1. The third-order valence-corrected chi connectivity index (χ3v) is 5.20. The molecule has 0 spiro atoms. The number of amides is 2. The zero-order valence-corrected chi connectivity index (χ0v) is 17.2. The Morgan fingerprint density at radius 2 is 2.07 bits per heavy atom. The second-order valence-electron chi connectivity index (χ2n) is 6.25. The van der Waals surface area contributed by atoms with Crippen molar-refractivity contribution < 1.29 is 33.4 Å². The number of nitrogens with zero attached hydrogens (tertiary/aromatic N) is 1. The van der Waals surface area contributed by atoms with Gasteiger partial charge in [0.1, 0.15) is 5.76 Å². The molecule has 0 bridgehead atoms. The number of hydrogen-bond acceptors (Lipinski definition) is 8. The van der Waals surface area contributed by atoms with Gasteiger partial charge in [0.2, 0.25) is 5.76 Å². The SMILES string of the molecule is C=CCc1cc(C=C2SC(=O)N(Cc3ccc(C(=O)OC)o3)C2=O)cc(OC)c1O. The number of imide groups is 1. The number of carbonyl (C=O) groups is 3. The molecule has 0 radical (unpaired) electrons. The number of ether oxygens (including phenoxy) is 2. The molecule has 0 saturated carbocycles. The van der Waals surface area contributed by atoms with Gasteiger partial charge in [-0.05, 0) is 54.1 Å². The number of phenolic OH excluding ortho intramolecular Hbond substituents is 1. The number of esters is 1. The molecule has 1 aromatic heterocycles. The van der Waals surface area contributed by atoms with Gasteiger partial charge in [0.05, 0.1) is 25.7 Å². The van der Waals surface area contributed by atoms with E-state index >= 15 is 0 Å². The zero-order chi connectivity index (χ0) is 21.8. The number of thioether (sulfide) groups is 1. The molecule has 1 saturated heterocycles. The summed E-state index contributed by atoms with van der Waals surface area (Å²) in [4.78, 5) is 37.8. The Hall–Kier alpha value is -3.46. The largest absolute Gasteiger partial charge is 0.504 e. The fourth-order valence-electron chi connectivity index (χ4n) is 2.86. The summed E-state index contributed by atoms with van der Waals surface area (Å²) in [5, 5.41) is 9.73. The van der Waals surface area contributed by atoms with Crippen LogP contribution in [0.1, 0.15) is 27.4 Å². The van der Waals surface area contributed by atoms with Crippen LogP contribution in [0.4, 0.5) is 4.79 Å². The Labute approximate surface area is 176 Å². The topological polar surface area (TPSA) is 106 Å². The molecular formula is C21H19NO7S. The summed E-state index contributed by atoms with van der Waals surface area (Å²) in [6, 6.07) is 6.19. The van der Waals surface area contributed by atoms with Crippen molar-refractivity contribution in [1.82, 2.24) is 4.90 Å². The highest BCUT2D eigenvalue weighted by Gasteiger charge is 2.36. The van der Waals surface area contributed by atoms with Crippen molar-refractivity contribution in [2.45, 2.75) is 13.0 Å². The average molecular weight is 429 g/mol. The van der Waals surface area contributed by atoms with Crippen LogP contribution in [0.3, 0.4) is 0 Å². The number of hydrogen-bond donors (Lipinski definition) is 1. The van der Waals surface area contributed by atoms with Crippen LogP contribution in [0.2, 0.25) is 0 Å². The Morgan fingerprint density at radius 3 is 2.73 bits per heavy atom. The molecule has 1 fully saturated rings. The quantitative estimate of drug-likeness (QED) is 0.403. The Morgan fingerprint density at radius 1 is 1.30 bits per heavy atom. The zero-order valence-electron chi connectivity index (χ0n) is 16.3. The number of benzene rings is 1. The first-order valence-electron chi connectivity index (χ1n) is 8.81. The predicted octanol–water partition coefficient (Wildman–Crippen LogP) is 3.75. The van der Waals surface area contributed by atoms with Crippen molar-refractivity contribution in [3.05, 3.63) is 64.5 Å². The van der Waals surface area contributed by atoms with Crippen LogP contribution in [-0.4, -0.2) is 41.3 Å². The Balaban J connectivity index is 1.84. The smallest absolute Gasteiger partial charge is 0.373 e. The van der Waals surface area contributed by atoms with Crippen LogP contribution in [0.15, 0.2) is 46.2 Å². The van der Waals surface area contributed by atoms with E-state index in [1.807, 2.05) is 0 Å². The van der Waals surface area contributed by atoms with E-state index in [2.05, 4.69) is 11.3 Å².